The van der Waals surface area contributed by atoms with Gasteiger partial charge in [0.15, 0.2) is 0 Å². The molecule has 1 unspecified atom stereocenters. The molecule has 0 aromatic heterocycles. The van der Waals surface area contributed by atoms with Crippen molar-refractivity contribution < 1.29 is 4.79 Å². The van der Waals surface area contributed by atoms with Gasteiger partial charge in [-0.2, -0.15) is 0 Å². The fraction of sp³-hybridized carbons (Fsp3) is 0.350. The molecule has 1 aliphatic carbocycles. The van der Waals surface area contributed by atoms with E-state index in [2.05, 4.69) is 17.0 Å². The smallest absolute Gasteiger partial charge is 0.254 e. The molecule has 0 bridgehead atoms. The standard InChI is InChI=1S/C20H21ClN2O/c21-17-8-4-7-16(13-17)20(24)23-12-11-22(18-9-10-18)14-19(23)15-5-2-1-3-6-15/h1-8,13,18-19H,9-12,14H2. The Kier molecular flexibility index (Phi) is 4.30. The number of carbonyl (C=O) groups is 1. The Bertz CT molecular complexity index is 729. The largest absolute Gasteiger partial charge is 0.329 e. The summed E-state index contributed by atoms with van der Waals surface area (Å²) in [5, 5.41) is 0.605. The summed E-state index contributed by atoms with van der Waals surface area (Å²) in [6.45, 7) is 2.64. The Morgan fingerprint density at radius 3 is 2.50 bits per heavy atom. The number of piperazine rings is 1. The zero-order chi connectivity index (χ0) is 16.5. The van der Waals surface area contributed by atoms with Crippen LogP contribution in [0.2, 0.25) is 5.02 Å². The molecule has 2 fully saturated rings. The quantitative estimate of drug-likeness (QED) is 0.843. The molecule has 0 N–H and O–H groups in total. The van der Waals surface area contributed by atoms with Crippen molar-refractivity contribution in [3.63, 3.8) is 0 Å². The van der Waals surface area contributed by atoms with Gasteiger partial charge in [0, 0.05) is 36.3 Å². The minimum atomic E-state index is 0.0711. The Morgan fingerprint density at radius 2 is 1.79 bits per heavy atom. The molecule has 4 heteroatoms. The average Bonchev–Trinajstić information content (AvgIpc) is 3.46. The van der Waals surface area contributed by atoms with Crippen LogP contribution in [-0.4, -0.2) is 41.4 Å². The van der Waals surface area contributed by atoms with E-state index in [0.717, 1.165) is 25.7 Å². The summed E-state index contributed by atoms with van der Waals surface area (Å²) >= 11 is 6.08. The van der Waals surface area contributed by atoms with Gasteiger partial charge in [-0.25, -0.2) is 0 Å². The van der Waals surface area contributed by atoms with E-state index in [9.17, 15) is 4.79 Å². The van der Waals surface area contributed by atoms with Gasteiger partial charge in [-0.1, -0.05) is 48.0 Å². The van der Waals surface area contributed by atoms with Crippen molar-refractivity contribution in [2.24, 2.45) is 0 Å². The third kappa shape index (κ3) is 3.19. The molecule has 24 heavy (non-hydrogen) atoms. The summed E-state index contributed by atoms with van der Waals surface area (Å²) in [6, 6.07) is 18.5. The SMILES string of the molecule is O=C(c1cccc(Cl)c1)N1CCN(C2CC2)CC1c1ccccc1. The maximum Gasteiger partial charge on any atom is 0.254 e. The van der Waals surface area contributed by atoms with Gasteiger partial charge in [-0.05, 0) is 36.6 Å². The Balaban J connectivity index is 1.63. The predicted octanol–water partition coefficient (Wildman–Crippen LogP) is 4.00. The molecule has 1 saturated heterocycles. The Hall–Kier alpha value is -1.84. The van der Waals surface area contributed by atoms with Crippen molar-refractivity contribution in [1.82, 2.24) is 9.80 Å². The van der Waals surface area contributed by atoms with Crippen LogP contribution in [0.1, 0.15) is 34.8 Å². The summed E-state index contributed by atoms with van der Waals surface area (Å²) < 4.78 is 0. The molecule has 2 aromatic carbocycles. The molecule has 4 rings (SSSR count). The molecule has 124 valence electrons. The first kappa shape index (κ1) is 15.7. The van der Waals surface area contributed by atoms with Gasteiger partial charge in [0.1, 0.15) is 0 Å². The first-order valence-corrected chi connectivity index (χ1v) is 8.96. The molecule has 1 amide bonds. The van der Waals surface area contributed by atoms with Gasteiger partial charge in [0.05, 0.1) is 6.04 Å². The minimum Gasteiger partial charge on any atom is -0.329 e. The number of carbonyl (C=O) groups excluding carboxylic acids is 1. The van der Waals surface area contributed by atoms with Crippen LogP contribution < -0.4 is 0 Å². The van der Waals surface area contributed by atoms with E-state index in [0.29, 0.717) is 10.6 Å². The van der Waals surface area contributed by atoms with Crippen LogP contribution in [0.4, 0.5) is 0 Å². The molecule has 1 aliphatic heterocycles. The topological polar surface area (TPSA) is 23.6 Å². The molecule has 0 spiro atoms. The van der Waals surface area contributed by atoms with Gasteiger partial charge in [-0.3, -0.25) is 9.69 Å². The lowest BCUT2D eigenvalue weighted by atomic mass is 10.0. The van der Waals surface area contributed by atoms with E-state index in [-0.39, 0.29) is 11.9 Å². The normalized spacial score (nSPS) is 21.7. The molecular formula is C20H21ClN2O. The van der Waals surface area contributed by atoms with Crippen molar-refractivity contribution in [3.8, 4) is 0 Å². The minimum absolute atomic E-state index is 0.0711. The monoisotopic (exact) mass is 340 g/mol. The Morgan fingerprint density at radius 1 is 1.00 bits per heavy atom. The van der Waals surface area contributed by atoms with E-state index in [4.69, 9.17) is 11.6 Å². The third-order valence-electron chi connectivity index (χ3n) is 4.99. The van der Waals surface area contributed by atoms with Gasteiger partial charge in [-0.15, -0.1) is 0 Å². The molecule has 2 aromatic rings. The molecule has 2 aliphatic rings. The van der Waals surface area contributed by atoms with E-state index >= 15 is 0 Å². The molecule has 0 radical (unpaired) electrons. The highest BCUT2D eigenvalue weighted by Gasteiger charge is 2.37. The second-order valence-electron chi connectivity index (χ2n) is 6.66. The lowest BCUT2D eigenvalue weighted by molar-refractivity contribution is 0.0433. The molecule has 1 heterocycles. The second kappa shape index (κ2) is 6.58. The summed E-state index contributed by atoms with van der Waals surface area (Å²) in [7, 11) is 0. The van der Waals surface area contributed by atoms with E-state index in [1.807, 2.05) is 35.2 Å². The van der Waals surface area contributed by atoms with Crippen LogP contribution in [0.25, 0.3) is 0 Å². The van der Waals surface area contributed by atoms with Crippen LogP contribution in [0.15, 0.2) is 54.6 Å². The van der Waals surface area contributed by atoms with Crippen molar-refractivity contribution in [1.29, 1.82) is 0 Å². The lowest BCUT2D eigenvalue weighted by Crippen LogP contribution is -2.51. The number of hydrogen-bond donors (Lipinski definition) is 0. The first-order chi connectivity index (χ1) is 11.7. The predicted molar refractivity (Wildman–Crippen MR) is 96.3 cm³/mol. The molecule has 1 atom stereocenters. The number of amides is 1. The number of nitrogens with zero attached hydrogens (tertiary/aromatic N) is 2. The van der Waals surface area contributed by atoms with Crippen molar-refractivity contribution >= 4 is 17.5 Å². The summed E-state index contributed by atoms with van der Waals surface area (Å²) in [6.07, 6.45) is 2.59. The number of halogens is 1. The zero-order valence-corrected chi connectivity index (χ0v) is 14.3. The molecular weight excluding hydrogens is 320 g/mol. The zero-order valence-electron chi connectivity index (χ0n) is 13.6. The van der Waals surface area contributed by atoms with Crippen LogP contribution in [-0.2, 0) is 0 Å². The highest BCUT2D eigenvalue weighted by molar-refractivity contribution is 6.30. The summed E-state index contributed by atoms with van der Waals surface area (Å²) in [5.74, 6) is 0.0711. The van der Waals surface area contributed by atoms with E-state index in [1.54, 1.807) is 12.1 Å². The summed E-state index contributed by atoms with van der Waals surface area (Å²) in [4.78, 5) is 17.6. The van der Waals surface area contributed by atoms with Crippen LogP contribution in [0.3, 0.4) is 0 Å². The number of rotatable bonds is 3. The fourth-order valence-corrected chi connectivity index (χ4v) is 3.76. The second-order valence-corrected chi connectivity index (χ2v) is 7.10. The van der Waals surface area contributed by atoms with Crippen molar-refractivity contribution in [2.75, 3.05) is 19.6 Å². The van der Waals surface area contributed by atoms with Gasteiger partial charge in [0.25, 0.3) is 5.91 Å². The molecule has 3 nitrogen and oxygen atoms in total. The number of benzene rings is 2. The first-order valence-electron chi connectivity index (χ1n) is 8.58. The average molecular weight is 341 g/mol. The number of hydrogen-bond acceptors (Lipinski definition) is 2. The highest BCUT2D eigenvalue weighted by atomic mass is 35.5. The van der Waals surface area contributed by atoms with Crippen molar-refractivity contribution in [3.05, 3.63) is 70.7 Å². The summed E-state index contributed by atoms with van der Waals surface area (Å²) in [5.41, 5.74) is 1.88. The maximum atomic E-state index is 13.1. The van der Waals surface area contributed by atoms with E-state index < -0.39 is 0 Å². The fourth-order valence-electron chi connectivity index (χ4n) is 3.57. The van der Waals surface area contributed by atoms with Crippen molar-refractivity contribution in [2.45, 2.75) is 24.9 Å². The van der Waals surface area contributed by atoms with E-state index in [1.165, 1.54) is 18.4 Å². The van der Waals surface area contributed by atoms with Gasteiger partial charge >= 0.3 is 0 Å². The molecule has 1 saturated carbocycles. The van der Waals surface area contributed by atoms with Gasteiger partial charge in [0.2, 0.25) is 0 Å². The van der Waals surface area contributed by atoms with Gasteiger partial charge < -0.3 is 4.90 Å². The van der Waals surface area contributed by atoms with Crippen LogP contribution >= 0.6 is 11.6 Å². The van der Waals surface area contributed by atoms with Crippen LogP contribution in [0, 0.1) is 0 Å². The maximum absolute atomic E-state index is 13.1. The third-order valence-corrected chi connectivity index (χ3v) is 5.23. The lowest BCUT2D eigenvalue weighted by Gasteiger charge is -2.42. The Labute approximate surface area is 147 Å². The highest BCUT2D eigenvalue weighted by Crippen LogP contribution is 2.34. The van der Waals surface area contributed by atoms with Crippen LogP contribution in [0.5, 0.6) is 0 Å².